The van der Waals surface area contributed by atoms with Crippen LogP contribution in [-0.2, 0) is 10.3 Å². The second kappa shape index (κ2) is 7.16. The largest absolute Gasteiger partial charge is 0.461 e. The lowest BCUT2D eigenvalue weighted by Gasteiger charge is -2.39. The van der Waals surface area contributed by atoms with Gasteiger partial charge in [-0.15, -0.1) is 0 Å². The van der Waals surface area contributed by atoms with E-state index in [2.05, 4.69) is 15.3 Å². The van der Waals surface area contributed by atoms with Crippen molar-refractivity contribution in [1.29, 1.82) is 0 Å². The molecule has 10 heteroatoms. The summed E-state index contributed by atoms with van der Waals surface area (Å²) < 4.78 is 48.2. The van der Waals surface area contributed by atoms with Gasteiger partial charge in [-0.1, -0.05) is 11.6 Å². The molecule has 3 N–H and O–H groups in total. The van der Waals surface area contributed by atoms with Crippen LogP contribution in [0, 0.1) is 11.7 Å². The number of rotatable bonds is 3. The van der Waals surface area contributed by atoms with E-state index in [1.165, 1.54) is 30.5 Å². The molecule has 6 nitrogen and oxygen atoms in total. The number of pyridine rings is 1. The zero-order valence-electron chi connectivity index (χ0n) is 15.8. The number of aliphatic imine (C=N–C) groups is 1. The lowest BCUT2D eigenvalue weighted by molar-refractivity contribution is -0.00277. The van der Waals surface area contributed by atoms with E-state index in [0.29, 0.717) is 5.02 Å². The summed E-state index contributed by atoms with van der Waals surface area (Å²) in [6.07, 6.45) is -0.564. The third-order valence-electron chi connectivity index (χ3n) is 5.53. The van der Waals surface area contributed by atoms with Crippen molar-refractivity contribution in [3.05, 3.63) is 58.6 Å². The number of carbonyl (C=O) groups excluding carboxylic acids is 1. The maximum absolute atomic E-state index is 14.8. The summed E-state index contributed by atoms with van der Waals surface area (Å²) in [6, 6.07) is 6.57. The minimum Gasteiger partial charge on any atom is -0.461 e. The van der Waals surface area contributed by atoms with Crippen molar-refractivity contribution in [2.45, 2.75) is 37.3 Å². The van der Waals surface area contributed by atoms with Gasteiger partial charge >= 0.3 is 0 Å². The topological polar surface area (TPSA) is 89.6 Å². The van der Waals surface area contributed by atoms with E-state index in [9.17, 15) is 18.0 Å². The summed E-state index contributed by atoms with van der Waals surface area (Å²) in [5, 5.41) is 2.99. The summed E-state index contributed by atoms with van der Waals surface area (Å²) in [5.41, 5.74) is 4.76. The first kappa shape index (κ1) is 20.5. The molecule has 0 radical (unpaired) electrons. The molecule has 1 fully saturated rings. The summed E-state index contributed by atoms with van der Waals surface area (Å²) >= 11 is 5.77. The SMILES string of the molecule is C[C@]1(c2cc(NC(=O)c3ccc(Cl)cn3)ccc2F)N=C(N)O[C@@H]2CC(F)(F)C[C@@H]21. The number of amides is 1. The summed E-state index contributed by atoms with van der Waals surface area (Å²) in [5.74, 6) is -4.92. The maximum Gasteiger partial charge on any atom is 0.283 e. The number of anilines is 1. The summed E-state index contributed by atoms with van der Waals surface area (Å²) in [4.78, 5) is 20.6. The fourth-order valence-corrected chi connectivity index (χ4v) is 4.22. The van der Waals surface area contributed by atoms with Crippen molar-refractivity contribution < 1.29 is 22.7 Å². The number of nitrogens with zero attached hydrogens (tertiary/aromatic N) is 2. The van der Waals surface area contributed by atoms with Crippen LogP contribution in [0.5, 0.6) is 0 Å². The van der Waals surface area contributed by atoms with Gasteiger partial charge < -0.3 is 15.8 Å². The second-order valence-electron chi connectivity index (χ2n) is 7.63. The Morgan fingerprint density at radius 1 is 1.30 bits per heavy atom. The monoisotopic (exact) mass is 438 g/mol. The Kier molecular flexibility index (Phi) is 4.88. The zero-order chi connectivity index (χ0) is 21.7. The van der Waals surface area contributed by atoms with Crippen LogP contribution >= 0.6 is 11.6 Å². The minimum atomic E-state index is -2.96. The Morgan fingerprint density at radius 2 is 2.07 bits per heavy atom. The van der Waals surface area contributed by atoms with Gasteiger partial charge in [-0.25, -0.2) is 23.1 Å². The van der Waals surface area contributed by atoms with Gasteiger partial charge in [0.05, 0.1) is 10.6 Å². The lowest BCUT2D eigenvalue weighted by atomic mass is 9.76. The molecule has 1 aromatic heterocycles. The molecule has 0 saturated heterocycles. The first-order valence-electron chi connectivity index (χ1n) is 9.20. The molecule has 4 rings (SSSR count). The Hall–Kier alpha value is -2.81. The van der Waals surface area contributed by atoms with E-state index in [4.69, 9.17) is 22.1 Å². The highest BCUT2D eigenvalue weighted by Crippen LogP contribution is 2.52. The predicted octanol–water partition coefficient (Wildman–Crippen LogP) is 4.10. The van der Waals surface area contributed by atoms with E-state index >= 15 is 0 Å². The standard InChI is InChI=1S/C20H18ClF3N4O2/c1-19(13-7-20(23,24)8-16(13)30-18(25)28-19)12-6-11(3-4-14(12)22)27-17(29)15-5-2-10(21)9-26-15/h2-6,9,13,16H,7-8H2,1H3,(H2,25,28)(H,27,29)/t13-,16+,19+/m0/s1. The first-order chi connectivity index (χ1) is 14.1. The van der Waals surface area contributed by atoms with Gasteiger partial charge in [0.2, 0.25) is 0 Å². The number of benzene rings is 1. The number of amidine groups is 1. The fourth-order valence-electron chi connectivity index (χ4n) is 4.11. The lowest BCUT2D eigenvalue weighted by Crippen LogP contribution is -2.45. The highest BCUT2D eigenvalue weighted by atomic mass is 35.5. The Bertz CT molecular complexity index is 1030. The molecular formula is C20H18ClF3N4O2. The van der Waals surface area contributed by atoms with Crippen molar-refractivity contribution in [3.8, 4) is 0 Å². The van der Waals surface area contributed by atoms with Crippen LogP contribution in [0.15, 0.2) is 41.5 Å². The summed E-state index contributed by atoms with van der Waals surface area (Å²) in [7, 11) is 0. The molecule has 2 heterocycles. The average molecular weight is 439 g/mol. The smallest absolute Gasteiger partial charge is 0.283 e. The van der Waals surface area contributed by atoms with Crippen molar-refractivity contribution >= 4 is 29.2 Å². The second-order valence-corrected chi connectivity index (χ2v) is 8.07. The van der Waals surface area contributed by atoms with Crippen molar-refractivity contribution in [3.63, 3.8) is 0 Å². The molecule has 1 aliphatic heterocycles. The van der Waals surface area contributed by atoms with E-state index in [1.54, 1.807) is 6.92 Å². The number of alkyl halides is 2. The highest BCUT2D eigenvalue weighted by Gasteiger charge is 2.58. The molecule has 1 aliphatic carbocycles. The number of ether oxygens (including phenoxy) is 1. The molecule has 2 aliphatic rings. The molecule has 158 valence electrons. The Balaban J connectivity index is 1.68. The predicted molar refractivity (Wildman–Crippen MR) is 105 cm³/mol. The van der Waals surface area contributed by atoms with Gasteiger partial charge in [-0.2, -0.15) is 0 Å². The number of nitrogens with one attached hydrogen (secondary N) is 1. The van der Waals surface area contributed by atoms with Gasteiger partial charge in [0, 0.05) is 36.2 Å². The molecule has 1 amide bonds. The normalized spacial score (nSPS) is 27.0. The molecule has 0 spiro atoms. The van der Waals surface area contributed by atoms with E-state index in [0.717, 1.165) is 6.07 Å². The van der Waals surface area contributed by atoms with Gasteiger partial charge in [0.25, 0.3) is 17.9 Å². The third kappa shape index (κ3) is 3.69. The van der Waals surface area contributed by atoms with Crippen LogP contribution in [0.1, 0.15) is 35.8 Å². The maximum atomic E-state index is 14.8. The number of hydrogen-bond acceptors (Lipinski definition) is 5. The average Bonchev–Trinajstić information content (AvgIpc) is 2.98. The van der Waals surface area contributed by atoms with E-state index < -0.39 is 48.0 Å². The molecule has 1 saturated carbocycles. The number of carbonyl (C=O) groups is 1. The third-order valence-corrected chi connectivity index (χ3v) is 5.76. The summed E-state index contributed by atoms with van der Waals surface area (Å²) in [6.45, 7) is 1.55. The van der Waals surface area contributed by atoms with Gasteiger partial charge in [0.1, 0.15) is 17.6 Å². The first-order valence-corrected chi connectivity index (χ1v) is 9.58. The fraction of sp³-hybridized carbons (Fsp3) is 0.350. The van der Waals surface area contributed by atoms with Crippen LogP contribution in [0.3, 0.4) is 0 Å². The van der Waals surface area contributed by atoms with Crippen LogP contribution in [0.2, 0.25) is 5.02 Å². The van der Waals surface area contributed by atoms with Gasteiger partial charge in [0.15, 0.2) is 0 Å². The number of halogens is 4. The van der Waals surface area contributed by atoms with Gasteiger partial charge in [-0.3, -0.25) is 4.79 Å². The number of nitrogens with two attached hydrogens (primary N) is 1. The molecule has 1 aromatic carbocycles. The highest BCUT2D eigenvalue weighted by molar-refractivity contribution is 6.30. The van der Waals surface area contributed by atoms with Crippen LogP contribution in [0.4, 0.5) is 18.9 Å². The van der Waals surface area contributed by atoms with E-state index in [-0.39, 0.29) is 23.0 Å². The molecule has 3 atom stereocenters. The molecule has 30 heavy (non-hydrogen) atoms. The zero-order valence-corrected chi connectivity index (χ0v) is 16.6. The molecule has 0 bridgehead atoms. The Morgan fingerprint density at radius 3 is 2.77 bits per heavy atom. The van der Waals surface area contributed by atoms with Crippen LogP contribution < -0.4 is 11.1 Å². The number of hydrogen-bond donors (Lipinski definition) is 2. The van der Waals surface area contributed by atoms with Crippen molar-refractivity contribution in [2.75, 3.05) is 5.32 Å². The Labute approximate surface area is 175 Å². The van der Waals surface area contributed by atoms with Crippen molar-refractivity contribution in [2.24, 2.45) is 16.6 Å². The van der Waals surface area contributed by atoms with Crippen LogP contribution in [0.25, 0.3) is 0 Å². The molecular weight excluding hydrogens is 421 g/mol. The quantitative estimate of drug-likeness (QED) is 0.755. The molecule has 0 unspecified atom stereocenters. The number of fused-ring (bicyclic) bond motifs is 1. The minimum absolute atomic E-state index is 0.0447. The van der Waals surface area contributed by atoms with Gasteiger partial charge in [-0.05, 0) is 37.3 Å². The number of aromatic nitrogens is 1. The molecule has 2 aromatic rings. The van der Waals surface area contributed by atoms with Crippen molar-refractivity contribution in [1.82, 2.24) is 4.98 Å². The van der Waals surface area contributed by atoms with E-state index in [1.807, 2.05) is 0 Å². The van der Waals surface area contributed by atoms with Crippen LogP contribution in [-0.4, -0.2) is 28.9 Å².